The van der Waals surface area contributed by atoms with Gasteiger partial charge in [0.1, 0.15) is 11.5 Å². The summed E-state index contributed by atoms with van der Waals surface area (Å²) in [6, 6.07) is 9.79. The Kier molecular flexibility index (Phi) is 4.88. The minimum Gasteiger partial charge on any atom is -0.469 e. The van der Waals surface area contributed by atoms with Crippen molar-refractivity contribution in [3.63, 3.8) is 0 Å². The van der Waals surface area contributed by atoms with Crippen molar-refractivity contribution in [3.8, 4) is 11.3 Å². The van der Waals surface area contributed by atoms with E-state index in [0.717, 1.165) is 24.1 Å². The molecule has 3 rings (SSSR count). The maximum absolute atomic E-state index is 13.1. The summed E-state index contributed by atoms with van der Waals surface area (Å²) in [6.45, 7) is 1.01. The van der Waals surface area contributed by atoms with Crippen LogP contribution in [0.2, 0.25) is 0 Å². The average Bonchev–Trinajstić information content (AvgIpc) is 3.02. The van der Waals surface area contributed by atoms with Gasteiger partial charge >= 0.3 is 5.97 Å². The van der Waals surface area contributed by atoms with Crippen molar-refractivity contribution >= 4 is 11.9 Å². The highest BCUT2D eigenvalue weighted by molar-refractivity contribution is 5.94. The molecule has 25 heavy (non-hydrogen) atoms. The Morgan fingerprint density at radius 3 is 2.56 bits per heavy atom. The van der Waals surface area contributed by atoms with E-state index in [4.69, 9.17) is 4.74 Å². The number of methoxy groups -OCH3 is 1. The average molecular weight is 344 g/mol. The summed E-state index contributed by atoms with van der Waals surface area (Å²) in [6.07, 6.45) is 1.52. The van der Waals surface area contributed by atoms with Gasteiger partial charge in [-0.05, 0) is 54.8 Å². The van der Waals surface area contributed by atoms with Crippen LogP contribution in [0.25, 0.3) is 11.3 Å². The molecular formula is C19H21FN2O3. The van der Waals surface area contributed by atoms with Gasteiger partial charge in [-0.1, -0.05) is 0 Å². The van der Waals surface area contributed by atoms with Gasteiger partial charge in [0.2, 0.25) is 0 Å². The zero-order valence-electron chi connectivity index (χ0n) is 14.4. The molecule has 1 aromatic carbocycles. The van der Waals surface area contributed by atoms with E-state index in [9.17, 15) is 14.0 Å². The van der Waals surface area contributed by atoms with Gasteiger partial charge in [-0.2, -0.15) is 0 Å². The first kappa shape index (κ1) is 17.2. The molecular weight excluding hydrogens is 323 g/mol. The number of piperidine rings is 1. The highest BCUT2D eigenvalue weighted by atomic mass is 19.1. The minimum absolute atomic E-state index is 0.107. The van der Waals surface area contributed by atoms with Crippen LogP contribution >= 0.6 is 0 Å². The Morgan fingerprint density at radius 1 is 1.16 bits per heavy atom. The number of esters is 1. The van der Waals surface area contributed by atoms with E-state index in [0.29, 0.717) is 18.8 Å². The summed E-state index contributed by atoms with van der Waals surface area (Å²) < 4.78 is 19.7. The number of likely N-dealkylation sites (tertiary alicyclic amines) is 1. The SMILES string of the molecule is COC(=O)[C@H]1CCCN(C(=O)c2ccc(-c3ccc(F)cc3)n2C)C1. The number of carbonyl (C=O) groups is 2. The highest BCUT2D eigenvalue weighted by Crippen LogP contribution is 2.24. The number of carbonyl (C=O) groups excluding carboxylic acids is 2. The Labute approximate surface area is 146 Å². The van der Waals surface area contributed by atoms with Gasteiger partial charge in [0.15, 0.2) is 0 Å². The molecule has 2 heterocycles. The molecule has 0 bridgehead atoms. The third-order valence-corrected chi connectivity index (χ3v) is 4.72. The molecule has 0 saturated carbocycles. The monoisotopic (exact) mass is 344 g/mol. The van der Waals surface area contributed by atoms with Gasteiger partial charge in [0, 0.05) is 25.8 Å². The number of hydrogen-bond acceptors (Lipinski definition) is 3. The van der Waals surface area contributed by atoms with E-state index in [-0.39, 0.29) is 23.6 Å². The van der Waals surface area contributed by atoms with Gasteiger partial charge in [-0.3, -0.25) is 9.59 Å². The molecule has 1 aliphatic rings. The Balaban J connectivity index is 1.81. The second kappa shape index (κ2) is 7.09. The van der Waals surface area contributed by atoms with E-state index < -0.39 is 0 Å². The molecule has 5 nitrogen and oxygen atoms in total. The molecule has 1 amide bonds. The predicted octanol–water partition coefficient (Wildman–Crippen LogP) is 2.86. The number of halogens is 1. The minimum atomic E-state index is -0.295. The predicted molar refractivity (Wildman–Crippen MR) is 91.5 cm³/mol. The van der Waals surface area contributed by atoms with E-state index in [1.165, 1.54) is 19.2 Å². The fourth-order valence-corrected chi connectivity index (χ4v) is 3.32. The summed E-state index contributed by atoms with van der Waals surface area (Å²) in [5, 5.41) is 0. The topological polar surface area (TPSA) is 51.5 Å². The smallest absolute Gasteiger partial charge is 0.310 e. The van der Waals surface area contributed by atoms with Gasteiger partial charge in [0.25, 0.3) is 5.91 Å². The lowest BCUT2D eigenvalue weighted by Gasteiger charge is -2.31. The lowest BCUT2D eigenvalue weighted by Crippen LogP contribution is -2.43. The third kappa shape index (κ3) is 3.43. The normalized spacial score (nSPS) is 17.4. The van der Waals surface area contributed by atoms with Gasteiger partial charge in [0.05, 0.1) is 13.0 Å². The van der Waals surface area contributed by atoms with Gasteiger partial charge in [-0.25, -0.2) is 4.39 Å². The molecule has 1 aromatic heterocycles. The Bertz CT molecular complexity index is 782. The quantitative estimate of drug-likeness (QED) is 0.805. The largest absolute Gasteiger partial charge is 0.469 e. The molecule has 0 N–H and O–H groups in total. The van der Waals surface area contributed by atoms with Crippen LogP contribution in [0.3, 0.4) is 0 Å². The molecule has 0 spiro atoms. The molecule has 1 fully saturated rings. The summed E-state index contributed by atoms with van der Waals surface area (Å²) in [7, 11) is 3.18. The second-order valence-corrected chi connectivity index (χ2v) is 6.28. The fraction of sp³-hybridized carbons (Fsp3) is 0.368. The molecule has 1 atom stereocenters. The molecule has 6 heteroatoms. The van der Waals surface area contributed by atoms with Crippen molar-refractivity contribution < 1.29 is 18.7 Å². The standard InChI is InChI=1S/C19H21FN2O3/c1-21-16(13-5-7-15(20)8-6-13)9-10-17(21)18(23)22-11-3-4-14(12-22)19(24)25-2/h5-10,14H,3-4,11-12H2,1-2H3/t14-/m0/s1. The molecule has 0 unspecified atom stereocenters. The first-order valence-corrected chi connectivity index (χ1v) is 8.30. The van der Waals surface area contributed by atoms with Crippen LogP contribution in [0.15, 0.2) is 36.4 Å². The number of rotatable bonds is 3. The van der Waals surface area contributed by atoms with Gasteiger partial charge < -0.3 is 14.2 Å². The molecule has 1 saturated heterocycles. The van der Waals surface area contributed by atoms with Crippen molar-refractivity contribution in [2.75, 3.05) is 20.2 Å². The molecule has 1 aliphatic heterocycles. The first-order chi connectivity index (χ1) is 12.0. The van der Waals surface area contributed by atoms with Crippen LogP contribution in [0.1, 0.15) is 23.3 Å². The van der Waals surface area contributed by atoms with E-state index in [2.05, 4.69) is 0 Å². The maximum atomic E-state index is 13.1. The Morgan fingerprint density at radius 2 is 1.88 bits per heavy atom. The summed E-state index contributed by atoms with van der Waals surface area (Å²) in [5.41, 5.74) is 2.23. The number of aromatic nitrogens is 1. The summed E-state index contributed by atoms with van der Waals surface area (Å²) >= 11 is 0. The first-order valence-electron chi connectivity index (χ1n) is 8.30. The fourth-order valence-electron chi connectivity index (χ4n) is 3.32. The molecule has 2 aromatic rings. The van der Waals surface area contributed by atoms with Crippen molar-refractivity contribution in [2.24, 2.45) is 13.0 Å². The molecule has 132 valence electrons. The summed E-state index contributed by atoms with van der Waals surface area (Å²) in [4.78, 5) is 26.3. The van der Waals surface area contributed by atoms with Crippen LogP contribution < -0.4 is 0 Å². The van der Waals surface area contributed by atoms with E-state index >= 15 is 0 Å². The van der Waals surface area contributed by atoms with Crippen LogP contribution in [-0.4, -0.2) is 41.5 Å². The summed E-state index contributed by atoms with van der Waals surface area (Å²) in [5.74, 6) is -0.934. The number of hydrogen-bond donors (Lipinski definition) is 0. The van der Waals surface area contributed by atoms with Crippen LogP contribution in [0.5, 0.6) is 0 Å². The van der Waals surface area contributed by atoms with Crippen LogP contribution in [0.4, 0.5) is 4.39 Å². The lowest BCUT2D eigenvalue weighted by atomic mass is 9.98. The van der Waals surface area contributed by atoms with E-state index in [1.807, 2.05) is 13.1 Å². The number of ether oxygens (including phenoxy) is 1. The van der Waals surface area contributed by atoms with Crippen LogP contribution in [0, 0.1) is 11.7 Å². The maximum Gasteiger partial charge on any atom is 0.310 e. The zero-order chi connectivity index (χ0) is 18.0. The second-order valence-electron chi connectivity index (χ2n) is 6.28. The van der Waals surface area contributed by atoms with Crippen molar-refractivity contribution in [1.29, 1.82) is 0 Å². The van der Waals surface area contributed by atoms with Gasteiger partial charge in [-0.15, -0.1) is 0 Å². The molecule has 0 radical (unpaired) electrons. The third-order valence-electron chi connectivity index (χ3n) is 4.72. The zero-order valence-corrected chi connectivity index (χ0v) is 14.4. The number of amides is 1. The highest BCUT2D eigenvalue weighted by Gasteiger charge is 2.30. The van der Waals surface area contributed by atoms with Crippen molar-refractivity contribution in [2.45, 2.75) is 12.8 Å². The van der Waals surface area contributed by atoms with E-state index in [1.54, 1.807) is 27.7 Å². The number of nitrogens with zero attached hydrogens (tertiary/aromatic N) is 2. The lowest BCUT2D eigenvalue weighted by molar-refractivity contribution is -0.146. The van der Waals surface area contributed by atoms with Crippen molar-refractivity contribution in [3.05, 3.63) is 47.9 Å². The Hall–Kier alpha value is -2.63. The molecule has 0 aliphatic carbocycles. The van der Waals surface area contributed by atoms with Crippen molar-refractivity contribution in [1.82, 2.24) is 9.47 Å². The number of benzene rings is 1. The van der Waals surface area contributed by atoms with Crippen LogP contribution in [-0.2, 0) is 16.6 Å².